The number of imidazole rings is 1. The van der Waals surface area contributed by atoms with E-state index in [1.165, 1.54) is 0 Å². The van der Waals surface area contributed by atoms with E-state index in [9.17, 15) is 4.79 Å². The third kappa shape index (κ3) is 3.62. The molecule has 1 amide bonds. The van der Waals surface area contributed by atoms with E-state index in [0.29, 0.717) is 13.0 Å². The molecular formula is C15H14ClN3OS. The molecule has 3 rings (SSSR count). The molecule has 21 heavy (non-hydrogen) atoms. The summed E-state index contributed by atoms with van der Waals surface area (Å²) in [5.74, 6) is -0.0113. The minimum atomic E-state index is -0.0113. The molecule has 3 aromatic rings. The van der Waals surface area contributed by atoms with Crippen LogP contribution in [0.3, 0.4) is 0 Å². The van der Waals surface area contributed by atoms with Gasteiger partial charge in [-0.1, -0.05) is 23.7 Å². The number of benzene rings is 1. The number of amides is 1. The van der Waals surface area contributed by atoms with Gasteiger partial charge >= 0.3 is 0 Å². The first-order valence-corrected chi connectivity index (χ1v) is 7.89. The van der Waals surface area contributed by atoms with Gasteiger partial charge in [0.25, 0.3) is 0 Å². The van der Waals surface area contributed by atoms with E-state index in [-0.39, 0.29) is 5.91 Å². The van der Waals surface area contributed by atoms with Crippen LogP contribution in [0.1, 0.15) is 11.3 Å². The van der Waals surface area contributed by atoms with Crippen molar-refractivity contribution in [2.75, 3.05) is 6.54 Å². The van der Waals surface area contributed by atoms with Gasteiger partial charge in [-0.2, -0.15) is 0 Å². The second-order valence-corrected chi connectivity index (χ2v) is 6.04. The lowest BCUT2D eigenvalue weighted by molar-refractivity contribution is -0.120. The maximum Gasteiger partial charge on any atom is 0.226 e. The number of thiazole rings is 1. The maximum atomic E-state index is 11.9. The quantitative estimate of drug-likeness (QED) is 0.786. The van der Waals surface area contributed by atoms with Crippen molar-refractivity contribution < 1.29 is 4.79 Å². The van der Waals surface area contributed by atoms with Gasteiger partial charge in [-0.25, -0.2) is 4.98 Å². The van der Waals surface area contributed by atoms with Crippen molar-refractivity contribution in [2.45, 2.75) is 12.8 Å². The van der Waals surface area contributed by atoms with Crippen LogP contribution in [0.2, 0.25) is 5.02 Å². The van der Waals surface area contributed by atoms with E-state index < -0.39 is 0 Å². The highest BCUT2D eigenvalue weighted by atomic mass is 35.5. The van der Waals surface area contributed by atoms with Crippen molar-refractivity contribution in [1.29, 1.82) is 0 Å². The lowest BCUT2D eigenvalue weighted by Gasteiger charge is -2.04. The third-order valence-electron chi connectivity index (χ3n) is 3.11. The minimum Gasteiger partial charge on any atom is -0.355 e. The van der Waals surface area contributed by atoms with Crippen LogP contribution in [-0.4, -0.2) is 21.8 Å². The number of rotatable bonds is 5. The summed E-state index contributed by atoms with van der Waals surface area (Å²) in [6.45, 7) is 0.599. The number of hydrogen-bond acceptors (Lipinski definition) is 3. The van der Waals surface area contributed by atoms with Gasteiger partial charge in [0.2, 0.25) is 5.91 Å². The molecule has 0 aliphatic heterocycles. The van der Waals surface area contributed by atoms with Crippen LogP contribution in [0, 0.1) is 0 Å². The minimum absolute atomic E-state index is 0.0113. The van der Waals surface area contributed by atoms with Crippen molar-refractivity contribution >= 4 is 33.8 Å². The van der Waals surface area contributed by atoms with Gasteiger partial charge in [-0.3, -0.25) is 9.20 Å². The molecule has 2 heterocycles. The zero-order valence-corrected chi connectivity index (χ0v) is 12.8. The summed E-state index contributed by atoms with van der Waals surface area (Å²) in [5, 5.41) is 5.60. The van der Waals surface area contributed by atoms with Crippen LogP contribution in [0.5, 0.6) is 0 Å². The summed E-state index contributed by atoms with van der Waals surface area (Å²) < 4.78 is 1.93. The summed E-state index contributed by atoms with van der Waals surface area (Å²) >= 11 is 7.48. The van der Waals surface area contributed by atoms with Crippen molar-refractivity contribution in [3.05, 3.63) is 58.3 Å². The normalized spacial score (nSPS) is 10.9. The van der Waals surface area contributed by atoms with E-state index in [0.717, 1.165) is 27.7 Å². The molecule has 108 valence electrons. The van der Waals surface area contributed by atoms with E-state index in [4.69, 9.17) is 11.6 Å². The smallest absolute Gasteiger partial charge is 0.226 e. The zero-order chi connectivity index (χ0) is 14.7. The molecule has 0 unspecified atom stereocenters. The molecule has 0 saturated heterocycles. The number of aromatic nitrogens is 2. The van der Waals surface area contributed by atoms with Gasteiger partial charge in [0.1, 0.15) is 0 Å². The van der Waals surface area contributed by atoms with E-state index in [2.05, 4.69) is 10.3 Å². The summed E-state index contributed by atoms with van der Waals surface area (Å²) in [6.07, 6.45) is 4.91. The molecule has 1 N–H and O–H groups in total. The maximum absolute atomic E-state index is 11.9. The van der Waals surface area contributed by atoms with Gasteiger partial charge in [-0.05, 0) is 24.1 Å². The average molecular weight is 320 g/mol. The Morgan fingerprint density at radius 1 is 1.43 bits per heavy atom. The Bertz CT molecular complexity index is 736. The number of halogens is 1. The molecule has 2 aromatic heterocycles. The second-order valence-electron chi connectivity index (χ2n) is 4.73. The summed E-state index contributed by atoms with van der Waals surface area (Å²) in [4.78, 5) is 17.2. The lowest BCUT2D eigenvalue weighted by atomic mass is 10.1. The van der Waals surface area contributed by atoms with Crippen LogP contribution in [0.4, 0.5) is 0 Å². The predicted octanol–water partition coefficient (Wildman–Crippen LogP) is 2.95. The fourth-order valence-corrected chi connectivity index (χ4v) is 3.06. The van der Waals surface area contributed by atoms with E-state index >= 15 is 0 Å². The first-order valence-electron chi connectivity index (χ1n) is 6.63. The molecule has 0 aliphatic carbocycles. The molecule has 1 aromatic carbocycles. The number of hydrogen-bond donors (Lipinski definition) is 1. The third-order valence-corrected chi connectivity index (χ3v) is 4.12. The lowest BCUT2D eigenvalue weighted by Crippen LogP contribution is -2.27. The van der Waals surface area contributed by atoms with Crippen LogP contribution in [0.25, 0.3) is 4.96 Å². The average Bonchev–Trinajstić information content (AvgIpc) is 2.99. The van der Waals surface area contributed by atoms with Gasteiger partial charge < -0.3 is 5.32 Å². The Kier molecular flexibility index (Phi) is 4.22. The first kappa shape index (κ1) is 14.1. The number of carbonyl (C=O) groups is 1. The predicted molar refractivity (Wildman–Crippen MR) is 84.9 cm³/mol. The molecule has 0 radical (unpaired) electrons. The standard InChI is InChI=1S/C15H14ClN3OS/c16-12-3-1-2-11(8-12)4-5-17-14(20)9-13-10-19-6-7-21-15(19)18-13/h1-3,6-8,10H,4-5,9H2,(H,17,20). The molecule has 0 spiro atoms. The van der Waals surface area contributed by atoms with E-state index in [1.807, 2.05) is 46.4 Å². The summed E-state index contributed by atoms with van der Waals surface area (Å²) in [7, 11) is 0. The molecule has 0 bridgehead atoms. The Hall–Kier alpha value is -1.85. The first-order chi connectivity index (χ1) is 10.2. The molecule has 0 saturated carbocycles. The van der Waals surface area contributed by atoms with E-state index in [1.54, 1.807) is 11.3 Å². The van der Waals surface area contributed by atoms with Crippen molar-refractivity contribution in [2.24, 2.45) is 0 Å². The molecular weight excluding hydrogens is 306 g/mol. The Labute approximate surface area is 131 Å². The Morgan fingerprint density at radius 2 is 2.33 bits per heavy atom. The monoisotopic (exact) mass is 319 g/mol. The topological polar surface area (TPSA) is 46.4 Å². The largest absolute Gasteiger partial charge is 0.355 e. The van der Waals surface area contributed by atoms with Crippen molar-refractivity contribution in [1.82, 2.24) is 14.7 Å². The highest BCUT2D eigenvalue weighted by molar-refractivity contribution is 7.15. The fourth-order valence-electron chi connectivity index (χ4n) is 2.13. The van der Waals surface area contributed by atoms with Gasteiger partial charge in [0, 0.05) is 29.3 Å². The Morgan fingerprint density at radius 3 is 3.14 bits per heavy atom. The van der Waals surface area contributed by atoms with Crippen molar-refractivity contribution in [3.63, 3.8) is 0 Å². The highest BCUT2D eigenvalue weighted by Crippen LogP contribution is 2.12. The Balaban J connectivity index is 1.49. The molecule has 4 nitrogen and oxygen atoms in total. The summed E-state index contributed by atoms with van der Waals surface area (Å²) in [5.41, 5.74) is 1.91. The van der Waals surface area contributed by atoms with Crippen LogP contribution in [-0.2, 0) is 17.6 Å². The molecule has 0 atom stereocenters. The number of fused-ring (bicyclic) bond motifs is 1. The van der Waals surface area contributed by atoms with Crippen molar-refractivity contribution in [3.8, 4) is 0 Å². The molecule has 0 aliphatic rings. The highest BCUT2D eigenvalue weighted by Gasteiger charge is 2.07. The number of nitrogens with one attached hydrogen (secondary N) is 1. The van der Waals surface area contributed by atoms with Crippen LogP contribution < -0.4 is 5.32 Å². The molecule has 6 heteroatoms. The number of nitrogens with zero attached hydrogens (tertiary/aromatic N) is 2. The van der Waals surface area contributed by atoms with Gasteiger partial charge in [0.05, 0.1) is 12.1 Å². The van der Waals surface area contributed by atoms with Gasteiger partial charge in [0.15, 0.2) is 4.96 Å². The van der Waals surface area contributed by atoms with Gasteiger partial charge in [-0.15, -0.1) is 11.3 Å². The molecule has 0 fully saturated rings. The van der Waals surface area contributed by atoms with Crippen LogP contribution in [0.15, 0.2) is 42.0 Å². The second kappa shape index (κ2) is 6.28. The zero-order valence-electron chi connectivity index (χ0n) is 11.3. The SMILES string of the molecule is O=C(Cc1cn2ccsc2n1)NCCc1cccc(Cl)c1. The fraction of sp³-hybridized carbons (Fsp3) is 0.200. The van der Waals surface area contributed by atoms with Crippen LogP contribution >= 0.6 is 22.9 Å². The summed E-state index contributed by atoms with van der Waals surface area (Å²) in [6, 6.07) is 7.67. The number of carbonyl (C=O) groups excluding carboxylic acids is 1.